The second kappa shape index (κ2) is 7.18. The van der Waals surface area contributed by atoms with Crippen LogP contribution in [-0.2, 0) is 0 Å². The molecule has 0 bridgehead atoms. The number of nitrogens with one attached hydrogen (secondary N) is 1. The molecule has 122 valence electrons. The first-order valence-electron chi connectivity index (χ1n) is 8.60. The van der Waals surface area contributed by atoms with Crippen LogP contribution in [0, 0.1) is 0 Å². The molecular formula is C23H20N2. The Hall–Kier alpha value is -3.13. The topological polar surface area (TPSA) is 24.4 Å². The summed E-state index contributed by atoms with van der Waals surface area (Å²) in [7, 11) is 0. The summed E-state index contributed by atoms with van der Waals surface area (Å²) < 4.78 is 0. The van der Waals surface area contributed by atoms with E-state index < -0.39 is 0 Å². The summed E-state index contributed by atoms with van der Waals surface area (Å²) in [4.78, 5) is 4.90. The molecule has 1 atom stereocenters. The van der Waals surface area contributed by atoms with Crippen molar-refractivity contribution in [2.24, 2.45) is 4.99 Å². The maximum absolute atomic E-state index is 4.90. The number of rotatable bonds is 3. The monoisotopic (exact) mass is 324 g/mol. The standard InChI is InChI=1S/C23H20N2/c1-3-9-18(10-4-1)15-16-20-17-23(19-11-5-2-6-12-19)25-22-14-8-7-13-21(22)24-20/h1-16,23,25H,17H2/b16-15-. The highest BCUT2D eigenvalue weighted by molar-refractivity contribution is 6.02. The minimum absolute atomic E-state index is 0.212. The van der Waals surface area contributed by atoms with Crippen LogP contribution in [0.5, 0.6) is 0 Å². The lowest BCUT2D eigenvalue weighted by Crippen LogP contribution is -2.12. The predicted octanol–water partition coefficient (Wildman–Crippen LogP) is 6.03. The molecule has 3 aromatic carbocycles. The normalized spacial score (nSPS) is 16.6. The van der Waals surface area contributed by atoms with E-state index in [-0.39, 0.29) is 6.04 Å². The number of benzene rings is 3. The summed E-state index contributed by atoms with van der Waals surface area (Å²) in [5.74, 6) is 0. The molecule has 25 heavy (non-hydrogen) atoms. The van der Waals surface area contributed by atoms with Gasteiger partial charge >= 0.3 is 0 Å². The Kier molecular flexibility index (Phi) is 4.42. The van der Waals surface area contributed by atoms with Crippen LogP contribution in [0.2, 0.25) is 0 Å². The fourth-order valence-electron chi connectivity index (χ4n) is 3.09. The van der Waals surface area contributed by atoms with Crippen LogP contribution in [0.25, 0.3) is 6.08 Å². The van der Waals surface area contributed by atoms with Crippen molar-refractivity contribution in [1.29, 1.82) is 0 Å². The largest absolute Gasteiger partial charge is 0.376 e. The van der Waals surface area contributed by atoms with Crippen molar-refractivity contribution in [3.63, 3.8) is 0 Å². The molecule has 0 spiro atoms. The number of para-hydroxylation sites is 2. The molecular weight excluding hydrogens is 304 g/mol. The van der Waals surface area contributed by atoms with Crippen molar-refractivity contribution >= 4 is 23.2 Å². The molecule has 1 heterocycles. The van der Waals surface area contributed by atoms with Gasteiger partial charge < -0.3 is 5.32 Å². The Labute approximate surface area is 148 Å². The van der Waals surface area contributed by atoms with Crippen LogP contribution >= 0.6 is 0 Å². The van der Waals surface area contributed by atoms with Crippen molar-refractivity contribution in [2.45, 2.75) is 12.5 Å². The Morgan fingerprint density at radius 3 is 2.24 bits per heavy atom. The van der Waals surface area contributed by atoms with Crippen molar-refractivity contribution in [3.8, 4) is 0 Å². The second-order valence-corrected chi connectivity index (χ2v) is 6.18. The summed E-state index contributed by atoms with van der Waals surface area (Å²) in [5.41, 5.74) is 5.62. The third kappa shape index (κ3) is 3.69. The van der Waals surface area contributed by atoms with E-state index in [1.807, 2.05) is 18.2 Å². The highest BCUT2D eigenvalue weighted by atomic mass is 15.0. The summed E-state index contributed by atoms with van der Waals surface area (Å²) in [6.07, 6.45) is 5.12. The van der Waals surface area contributed by atoms with E-state index in [0.29, 0.717) is 0 Å². The number of aliphatic imine (C=N–C) groups is 1. The zero-order valence-corrected chi connectivity index (χ0v) is 14.0. The molecule has 1 unspecified atom stereocenters. The van der Waals surface area contributed by atoms with Crippen LogP contribution in [0.3, 0.4) is 0 Å². The van der Waals surface area contributed by atoms with Gasteiger partial charge in [-0.1, -0.05) is 78.9 Å². The van der Waals surface area contributed by atoms with Crippen LogP contribution in [-0.4, -0.2) is 5.71 Å². The predicted molar refractivity (Wildman–Crippen MR) is 106 cm³/mol. The number of allylic oxidation sites excluding steroid dienone is 1. The van der Waals surface area contributed by atoms with Gasteiger partial charge in [-0.3, -0.25) is 4.99 Å². The van der Waals surface area contributed by atoms with Crippen molar-refractivity contribution in [3.05, 3.63) is 102 Å². The smallest absolute Gasteiger partial charge is 0.0864 e. The van der Waals surface area contributed by atoms with Gasteiger partial charge in [-0.05, 0) is 29.3 Å². The van der Waals surface area contributed by atoms with E-state index >= 15 is 0 Å². The zero-order chi connectivity index (χ0) is 16.9. The third-order valence-corrected chi connectivity index (χ3v) is 4.38. The number of anilines is 1. The van der Waals surface area contributed by atoms with Gasteiger partial charge in [0.25, 0.3) is 0 Å². The van der Waals surface area contributed by atoms with Gasteiger partial charge in [-0.25, -0.2) is 0 Å². The Bertz CT molecular complexity index is 896. The molecule has 1 aliphatic heterocycles. The minimum Gasteiger partial charge on any atom is -0.376 e. The number of hydrogen-bond acceptors (Lipinski definition) is 2. The highest BCUT2D eigenvalue weighted by Crippen LogP contribution is 2.34. The molecule has 2 heteroatoms. The Balaban J connectivity index is 1.69. The Morgan fingerprint density at radius 2 is 1.44 bits per heavy atom. The van der Waals surface area contributed by atoms with Crippen molar-refractivity contribution < 1.29 is 0 Å². The maximum atomic E-state index is 4.90. The quantitative estimate of drug-likeness (QED) is 0.625. The molecule has 0 saturated heterocycles. The fourth-order valence-corrected chi connectivity index (χ4v) is 3.09. The molecule has 1 aliphatic rings. The van der Waals surface area contributed by atoms with Crippen LogP contribution in [0.1, 0.15) is 23.6 Å². The van der Waals surface area contributed by atoms with Gasteiger partial charge in [0, 0.05) is 12.1 Å². The third-order valence-electron chi connectivity index (χ3n) is 4.38. The molecule has 4 rings (SSSR count). The second-order valence-electron chi connectivity index (χ2n) is 6.18. The first kappa shape index (κ1) is 15.4. The van der Waals surface area contributed by atoms with E-state index in [1.54, 1.807) is 0 Å². The molecule has 0 saturated carbocycles. The van der Waals surface area contributed by atoms with Gasteiger partial charge in [0.1, 0.15) is 0 Å². The summed E-state index contributed by atoms with van der Waals surface area (Å²) in [5, 5.41) is 3.66. The minimum atomic E-state index is 0.212. The van der Waals surface area contributed by atoms with E-state index in [2.05, 4.69) is 84.2 Å². The fraction of sp³-hybridized carbons (Fsp3) is 0.0870. The van der Waals surface area contributed by atoms with Gasteiger partial charge in [-0.15, -0.1) is 0 Å². The first-order valence-corrected chi connectivity index (χ1v) is 8.60. The SMILES string of the molecule is C(=C/c1ccccc1)/C1=Nc2ccccc2NC(c2ccccc2)C1. The molecule has 0 aliphatic carbocycles. The lowest BCUT2D eigenvalue weighted by molar-refractivity contribution is 0.830. The van der Waals surface area contributed by atoms with E-state index in [4.69, 9.17) is 4.99 Å². The van der Waals surface area contributed by atoms with Gasteiger partial charge in [0.2, 0.25) is 0 Å². The van der Waals surface area contributed by atoms with Crippen molar-refractivity contribution in [2.75, 3.05) is 5.32 Å². The number of nitrogens with zero attached hydrogens (tertiary/aromatic N) is 1. The van der Waals surface area contributed by atoms with E-state index in [9.17, 15) is 0 Å². The lowest BCUT2D eigenvalue weighted by atomic mass is 10.0. The molecule has 0 aromatic heterocycles. The average molecular weight is 324 g/mol. The summed E-state index contributed by atoms with van der Waals surface area (Å²) in [6, 6.07) is 29.4. The molecule has 2 nitrogen and oxygen atoms in total. The van der Waals surface area contributed by atoms with Gasteiger partial charge in [-0.2, -0.15) is 0 Å². The molecule has 0 radical (unpaired) electrons. The van der Waals surface area contributed by atoms with E-state index in [0.717, 1.165) is 23.5 Å². The van der Waals surface area contributed by atoms with Crippen LogP contribution in [0.4, 0.5) is 11.4 Å². The van der Waals surface area contributed by atoms with Crippen LogP contribution in [0.15, 0.2) is 96.0 Å². The molecule has 3 aromatic rings. The Morgan fingerprint density at radius 1 is 0.760 bits per heavy atom. The lowest BCUT2D eigenvalue weighted by Gasteiger charge is -2.18. The maximum Gasteiger partial charge on any atom is 0.0864 e. The highest BCUT2D eigenvalue weighted by Gasteiger charge is 2.18. The zero-order valence-electron chi connectivity index (χ0n) is 14.0. The number of fused-ring (bicyclic) bond motifs is 1. The molecule has 0 amide bonds. The van der Waals surface area contributed by atoms with E-state index in [1.165, 1.54) is 11.1 Å². The first-order chi connectivity index (χ1) is 12.4. The van der Waals surface area contributed by atoms with Crippen LogP contribution < -0.4 is 5.32 Å². The summed E-state index contributed by atoms with van der Waals surface area (Å²) in [6.45, 7) is 0. The number of hydrogen-bond donors (Lipinski definition) is 1. The van der Waals surface area contributed by atoms with Crippen molar-refractivity contribution in [1.82, 2.24) is 0 Å². The molecule has 1 N–H and O–H groups in total. The average Bonchev–Trinajstić information content (AvgIpc) is 2.87. The molecule has 0 fully saturated rings. The van der Waals surface area contributed by atoms with Gasteiger partial charge in [0.05, 0.1) is 17.4 Å². The van der Waals surface area contributed by atoms with Gasteiger partial charge in [0.15, 0.2) is 0 Å². The summed E-state index contributed by atoms with van der Waals surface area (Å²) >= 11 is 0.